The molecule has 0 aromatic heterocycles. The standard InChI is InChI=1S/C17H27FN2S/c1-12(2)7-9-20(10-8-13(3)4)16-6-5-14(17(19)21)11-15(16)18/h5-6,11-13H,7-10H2,1-4H3,(H2,19,21). The van der Waals surface area contributed by atoms with Gasteiger partial charge in [0.2, 0.25) is 0 Å². The fourth-order valence-corrected chi connectivity index (χ4v) is 2.22. The molecule has 0 amide bonds. The number of anilines is 1. The Labute approximate surface area is 133 Å². The van der Waals surface area contributed by atoms with E-state index in [2.05, 4.69) is 32.6 Å². The molecule has 4 heteroatoms. The molecule has 0 aliphatic rings. The molecule has 0 atom stereocenters. The van der Waals surface area contributed by atoms with Crippen LogP contribution in [0.25, 0.3) is 0 Å². The summed E-state index contributed by atoms with van der Waals surface area (Å²) in [5, 5.41) is 0. The van der Waals surface area contributed by atoms with Crippen molar-refractivity contribution in [1.29, 1.82) is 0 Å². The molecule has 1 aromatic rings. The van der Waals surface area contributed by atoms with Gasteiger partial charge >= 0.3 is 0 Å². The minimum absolute atomic E-state index is 0.233. The molecule has 0 spiro atoms. The van der Waals surface area contributed by atoms with Crippen LogP contribution in [0.15, 0.2) is 18.2 Å². The molecule has 2 N–H and O–H groups in total. The molecular formula is C17H27FN2S. The lowest BCUT2D eigenvalue weighted by atomic mass is 10.1. The smallest absolute Gasteiger partial charge is 0.147 e. The lowest BCUT2D eigenvalue weighted by Crippen LogP contribution is -2.28. The first-order chi connectivity index (χ1) is 9.81. The third kappa shape index (κ3) is 6.00. The van der Waals surface area contributed by atoms with Crippen molar-refractivity contribution in [3.05, 3.63) is 29.6 Å². The van der Waals surface area contributed by atoms with Crippen LogP contribution in [0.2, 0.25) is 0 Å². The van der Waals surface area contributed by atoms with Crippen LogP contribution >= 0.6 is 12.2 Å². The van der Waals surface area contributed by atoms with E-state index in [1.807, 2.05) is 0 Å². The van der Waals surface area contributed by atoms with E-state index < -0.39 is 0 Å². The summed E-state index contributed by atoms with van der Waals surface area (Å²) in [4.78, 5) is 2.37. The van der Waals surface area contributed by atoms with Crippen LogP contribution in [0.5, 0.6) is 0 Å². The third-order valence-corrected chi connectivity index (χ3v) is 3.76. The lowest BCUT2D eigenvalue weighted by Gasteiger charge is -2.27. The number of hydrogen-bond acceptors (Lipinski definition) is 2. The maximum atomic E-state index is 14.4. The zero-order valence-electron chi connectivity index (χ0n) is 13.5. The first-order valence-corrected chi connectivity index (χ1v) is 8.06. The molecule has 2 nitrogen and oxygen atoms in total. The molecular weight excluding hydrogens is 283 g/mol. The molecule has 118 valence electrons. The summed E-state index contributed by atoms with van der Waals surface area (Å²) in [5.41, 5.74) is 6.79. The highest BCUT2D eigenvalue weighted by Crippen LogP contribution is 2.22. The van der Waals surface area contributed by atoms with E-state index in [0.717, 1.165) is 25.9 Å². The van der Waals surface area contributed by atoms with E-state index in [1.165, 1.54) is 6.07 Å². The Hall–Kier alpha value is -1.16. The maximum absolute atomic E-state index is 14.4. The molecule has 0 bridgehead atoms. The highest BCUT2D eigenvalue weighted by Gasteiger charge is 2.14. The molecule has 1 aromatic carbocycles. The molecule has 21 heavy (non-hydrogen) atoms. The van der Waals surface area contributed by atoms with Crippen molar-refractivity contribution >= 4 is 22.9 Å². The number of nitrogens with two attached hydrogens (primary N) is 1. The Morgan fingerprint density at radius 1 is 1.14 bits per heavy atom. The first-order valence-electron chi connectivity index (χ1n) is 7.65. The molecule has 0 unspecified atom stereocenters. The molecule has 0 heterocycles. The van der Waals surface area contributed by atoms with Gasteiger partial charge < -0.3 is 10.6 Å². The monoisotopic (exact) mass is 310 g/mol. The molecule has 0 aliphatic heterocycles. The van der Waals surface area contributed by atoms with E-state index in [9.17, 15) is 4.39 Å². The normalized spacial score (nSPS) is 11.2. The zero-order valence-corrected chi connectivity index (χ0v) is 14.3. The molecule has 0 saturated carbocycles. The summed E-state index contributed by atoms with van der Waals surface area (Å²) in [5.74, 6) is 0.962. The quantitative estimate of drug-likeness (QED) is 0.723. The van der Waals surface area contributed by atoms with Gasteiger partial charge in [0.05, 0.1) is 5.69 Å². The number of hydrogen-bond donors (Lipinski definition) is 1. The van der Waals surface area contributed by atoms with Gasteiger partial charge in [-0.3, -0.25) is 0 Å². The predicted octanol–water partition coefficient (Wildman–Crippen LogP) is 4.36. The summed E-state index contributed by atoms with van der Waals surface area (Å²) in [7, 11) is 0. The number of nitrogens with zero attached hydrogens (tertiary/aromatic N) is 1. The number of thiocarbonyl (C=S) groups is 1. The lowest BCUT2D eigenvalue weighted by molar-refractivity contribution is 0.526. The van der Waals surface area contributed by atoms with Crippen molar-refractivity contribution < 1.29 is 4.39 Å². The van der Waals surface area contributed by atoms with Gasteiger partial charge in [-0.1, -0.05) is 39.9 Å². The van der Waals surface area contributed by atoms with Gasteiger partial charge in [0, 0.05) is 18.7 Å². The predicted molar refractivity (Wildman–Crippen MR) is 93.4 cm³/mol. The van der Waals surface area contributed by atoms with Gasteiger partial charge in [-0.05, 0) is 42.9 Å². The Morgan fingerprint density at radius 3 is 2.05 bits per heavy atom. The number of rotatable bonds is 8. The summed E-state index contributed by atoms with van der Waals surface area (Å²) < 4.78 is 14.4. The van der Waals surface area contributed by atoms with Crippen molar-refractivity contribution in [3.8, 4) is 0 Å². The topological polar surface area (TPSA) is 29.3 Å². The van der Waals surface area contributed by atoms with E-state index >= 15 is 0 Å². The molecule has 1 rings (SSSR count). The zero-order chi connectivity index (χ0) is 16.0. The fourth-order valence-electron chi connectivity index (χ4n) is 2.10. The summed E-state index contributed by atoms with van der Waals surface area (Å²) in [6.45, 7) is 10.5. The van der Waals surface area contributed by atoms with Gasteiger partial charge in [0.25, 0.3) is 0 Å². The van der Waals surface area contributed by atoms with Crippen LogP contribution in [0.3, 0.4) is 0 Å². The SMILES string of the molecule is CC(C)CCN(CCC(C)C)c1ccc(C(N)=S)cc1F. The highest BCUT2D eigenvalue weighted by atomic mass is 32.1. The van der Waals surface area contributed by atoms with Crippen molar-refractivity contribution in [2.75, 3.05) is 18.0 Å². The second-order valence-corrected chi connectivity index (χ2v) is 6.82. The number of halogens is 1. The Bertz CT molecular complexity index is 460. The van der Waals surface area contributed by atoms with Crippen molar-refractivity contribution in [3.63, 3.8) is 0 Å². The van der Waals surface area contributed by atoms with Crippen LogP contribution in [0, 0.1) is 17.7 Å². The van der Waals surface area contributed by atoms with Gasteiger partial charge in [-0.15, -0.1) is 0 Å². The van der Waals surface area contributed by atoms with Gasteiger partial charge in [0.1, 0.15) is 10.8 Å². The van der Waals surface area contributed by atoms with Crippen molar-refractivity contribution in [1.82, 2.24) is 0 Å². The highest BCUT2D eigenvalue weighted by molar-refractivity contribution is 7.80. The Kier molecular flexibility index (Phi) is 7.09. The van der Waals surface area contributed by atoms with Crippen LogP contribution < -0.4 is 10.6 Å². The van der Waals surface area contributed by atoms with E-state index in [0.29, 0.717) is 23.1 Å². The molecule has 0 aliphatic carbocycles. The second kappa shape index (κ2) is 8.32. The molecule has 0 saturated heterocycles. The van der Waals surface area contributed by atoms with Gasteiger partial charge in [-0.2, -0.15) is 0 Å². The maximum Gasteiger partial charge on any atom is 0.147 e. The van der Waals surface area contributed by atoms with Crippen molar-refractivity contribution in [2.24, 2.45) is 17.6 Å². The Balaban J connectivity index is 2.92. The van der Waals surface area contributed by atoms with Crippen LogP contribution in [-0.4, -0.2) is 18.1 Å². The van der Waals surface area contributed by atoms with E-state index in [1.54, 1.807) is 12.1 Å². The molecule has 0 fully saturated rings. The van der Waals surface area contributed by atoms with E-state index in [4.69, 9.17) is 18.0 Å². The third-order valence-electron chi connectivity index (χ3n) is 3.53. The average molecular weight is 310 g/mol. The minimum atomic E-state index is -0.243. The second-order valence-electron chi connectivity index (χ2n) is 6.38. The minimum Gasteiger partial charge on any atom is -0.389 e. The Morgan fingerprint density at radius 2 is 1.67 bits per heavy atom. The van der Waals surface area contributed by atoms with Crippen LogP contribution in [-0.2, 0) is 0 Å². The van der Waals surface area contributed by atoms with Crippen LogP contribution in [0.1, 0.15) is 46.1 Å². The first kappa shape index (κ1) is 17.9. The molecule has 0 radical (unpaired) electrons. The van der Waals surface area contributed by atoms with Gasteiger partial charge in [-0.25, -0.2) is 4.39 Å². The van der Waals surface area contributed by atoms with Gasteiger partial charge in [0.15, 0.2) is 0 Å². The summed E-state index contributed by atoms with van der Waals surface area (Å²) >= 11 is 4.90. The van der Waals surface area contributed by atoms with Crippen molar-refractivity contribution in [2.45, 2.75) is 40.5 Å². The largest absolute Gasteiger partial charge is 0.389 e. The average Bonchev–Trinajstić information content (AvgIpc) is 2.38. The summed E-state index contributed by atoms with van der Waals surface area (Å²) in [6, 6.07) is 5.04. The fraction of sp³-hybridized carbons (Fsp3) is 0.588. The van der Waals surface area contributed by atoms with E-state index in [-0.39, 0.29) is 10.8 Å². The number of benzene rings is 1. The summed E-state index contributed by atoms with van der Waals surface area (Å²) in [6.07, 6.45) is 2.10. The van der Waals surface area contributed by atoms with Crippen LogP contribution in [0.4, 0.5) is 10.1 Å².